The van der Waals surface area contributed by atoms with Gasteiger partial charge in [0, 0.05) is 42.8 Å². The van der Waals surface area contributed by atoms with Crippen LogP contribution in [0.3, 0.4) is 0 Å². The number of hydrogen-bond donors (Lipinski definition) is 2. The van der Waals surface area contributed by atoms with E-state index in [0.717, 1.165) is 53.9 Å². The fourth-order valence-corrected chi connectivity index (χ4v) is 3.79. The summed E-state index contributed by atoms with van der Waals surface area (Å²) in [4.78, 5) is 9.00. The Kier molecular flexibility index (Phi) is 10.4. The van der Waals surface area contributed by atoms with Crippen molar-refractivity contribution in [3.8, 4) is 0 Å². The third-order valence-electron chi connectivity index (χ3n) is 4.59. The first-order valence-corrected chi connectivity index (χ1v) is 10.6. The number of aliphatic imine (C=N–C) groups is 1. The lowest BCUT2D eigenvalue weighted by Gasteiger charge is -2.14. The topological polar surface area (TPSA) is 75.3 Å². The fraction of sp³-hybridized carbons (Fsp3) is 0.650. The van der Waals surface area contributed by atoms with E-state index in [9.17, 15) is 0 Å². The van der Waals surface area contributed by atoms with Crippen LogP contribution in [0.2, 0.25) is 0 Å². The molecule has 158 valence electrons. The summed E-state index contributed by atoms with van der Waals surface area (Å²) in [7, 11) is 1.77. The predicted octanol–water partition coefficient (Wildman–Crippen LogP) is 4.86. The minimum atomic E-state index is 0. The standard InChI is InChI=1S/C20H33N5OS.HI/c1-7-14(8-2)16-11-15(26-25-16)12-23-19(21-6)22-10-9-18-24-17(13-27-18)20(3,4)5;/h11,13-14H,7-10,12H2,1-6H3,(H2,21,22,23);1H. The summed E-state index contributed by atoms with van der Waals surface area (Å²) >= 11 is 1.72. The highest BCUT2D eigenvalue weighted by molar-refractivity contribution is 14.0. The van der Waals surface area contributed by atoms with Crippen LogP contribution in [0, 0.1) is 0 Å². The molecule has 28 heavy (non-hydrogen) atoms. The van der Waals surface area contributed by atoms with Gasteiger partial charge in [-0.2, -0.15) is 0 Å². The zero-order valence-corrected chi connectivity index (χ0v) is 21.0. The van der Waals surface area contributed by atoms with Crippen LogP contribution >= 0.6 is 35.3 Å². The summed E-state index contributed by atoms with van der Waals surface area (Å²) in [6.07, 6.45) is 3.03. The maximum atomic E-state index is 5.45. The lowest BCUT2D eigenvalue weighted by atomic mass is 9.93. The molecule has 0 bridgehead atoms. The molecule has 0 saturated carbocycles. The molecule has 0 aliphatic heterocycles. The highest BCUT2D eigenvalue weighted by Crippen LogP contribution is 2.24. The summed E-state index contributed by atoms with van der Waals surface area (Å²) in [5.41, 5.74) is 2.30. The van der Waals surface area contributed by atoms with Crippen molar-refractivity contribution in [1.29, 1.82) is 0 Å². The number of nitrogens with zero attached hydrogens (tertiary/aromatic N) is 3. The molecule has 0 aliphatic carbocycles. The van der Waals surface area contributed by atoms with Crippen LogP contribution in [0.4, 0.5) is 0 Å². The fourth-order valence-electron chi connectivity index (χ4n) is 2.76. The van der Waals surface area contributed by atoms with Gasteiger partial charge in [-0.1, -0.05) is 39.8 Å². The highest BCUT2D eigenvalue weighted by Gasteiger charge is 2.17. The average Bonchev–Trinajstić information content (AvgIpc) is 3.28. The van der Waals surface area contributed by atoms with Gasteiger partial charge in [0.1, 0.15) is 0 Å². The van der Waals surface area contributed by atoms with Crippen LogP contribution in [-0.2, 0) is 18.4 Å². The van der Waals surface area contributed by atoms with E-state index in [1.807, 2.05) is 6.07 Å². The van der Waals surface area contributed by atoms with Gasteiger partial charge in [0.15, 0.2) is 11.7 Å². The van der Waals surface area contributed by atoms with Gasteiger partial charge in [-0.3, -0.25) is 4.99 Å². The van der Waals surface area contributed by atoms with Crippen molar-refractivity contribution in [2.24, 2.45) is 4.99 Å². The summed E-state index contributed by atoms with van der Waals surface area (Å²) < 4.78 is 5.45. The van der Waals surface area contributed by atoms with Gasteiger partial charge in [-0.25, -0.2) is 4.98 Å². The predicted molar refractivity (Wildman–Crippen MR) is 128 cm³/mol. The van der Waals surface area contributed by atoms with Gasteiger partial charge in [0.2, 0.25) is 0 Å². The molecule has 8 heteroatoms. The van der Waals surface area contributed by atoms with E-state index in [2.05, 4.69) is 60.8 Å². The first-order valence-electron chi connectivity index (χ1n) is 9.72. The minimum absolute atomic E-state index is 0. The number of nitrogens with one attached hydrogen (secondary N) is 2. The van der Waals surface area contributed by atoms with Crippen molar-refractivity contribution in [3.63, 3.8) is 0 Å². The van der Waals surface area contributed by atoms with E-state index >= 15 is 0 Å². The summed E-state index contributed by atoms with van der Waals surface area (Å²) in [5.74, 6) is 2.05. The molecule has 0 aliphatic rings. The van der Waals surface area contributed by atoms with Crippen LogP contribution in [-0.4, -0.2) is 29.7 Å². The lowest BCUT2D eigenvalue weighted by molar-refractivity contribution is 0.368. The van der Waals surface area contributed by atoms with Gasteiger partial charge in [-0.05, 0) is 12.8 Å². The Labute approximate surface area is 190 Å². The number of aromatic nitrogens is 2. The zero-order valence-electron chi connectivity index (χ0n) is 17.8. The van der Waals surface area contributed by atoms with E-state index in [1.165, 1.54) is 0 Å². The Bertz CT molecular complexity index is 731. The minimum Gasteiger partial charge on any atom is -0.359 e. The SMILES string of the molecule is CCC(CC)c1cc(CNC(=NC)NCCc2nc(C(C)(C)C)cs2)on1.I. The number of hydrogen-bond acceptors (Lipinski definition) is 5. The molecule has 0 unspecified atom stereocenters. The van der Waals surface area contributed by atoms with Crippen molar-refractivity contribution in [1.82, 2.24) is 20.8 Å². The molecule has 0 radical (unpaired) electrons. The molecule has 0 saturated heterocycles. The van der Waals surface area contributed by atoms with Crippen molar-refractivity contribution >= 4 is 41.3 Å². The summed E-state index contributed by atoms with van der Waals surface area (Å²) in [6, 6.07) is 2.04. The normalized spacial score (nSPS) is 12.2. The largest absolute Gasteiger partial charge is 0.359 e. The zero-order chi connectivity index (χ0) is 19.9. The Morgan fingerprint density at radius 2 is 1.96 bits per heavy atom. The molecule has 0 spiro atoms. The Hall–Kier alpha value is -1.16. The van der Waals surface area contributed by atoms with E-state index < -0.39 is 0 Å². The van der Waals surface area contributed by atoms with Crippen LogP contribution < -0.4 is 10.6 Å². The molecule has 0 atom stereocenters. The van der Waals surface area contributed by atoms with Crippen molar-refractivity contribution < 1.29 is 4.52 Å². The third kappa shape index (κ3) is 7.35. The van der Waals surface area contributed by atoms with Crippen molar-refractivity contribution in [3.05, 3.63) is 33.6 Å². The van der Waals surface area contributed by atoms with Crippen LogP contribution in [0.25, 0.3) is 0 Å². The van der Waals surface area contributed by atoms with E-state index in [4.69, 9.17) is 9.51 Å². The van der Waals surface area contributed by atoms with Crippen LogP contribution in [0.5, 0.6) is 0 Å². The second-order valence-electron chi connectivity index (χ2n) is 7.71. The van der Waals surface area contributed by atoms with Crippen molar-refractivity contribution in [2.45, 2.75) is 71.8 Å². The molecular weight excluding hydrogens is 485 g/mol. The second kappa shape index (κ2) is 11.7. The van der Waals surface area contributed by atoms with E-state index in [1.54, 1.807) is 18.4 Å². The third-order valence-corrected chi connectivity index (χ3v) is 5.49. The molecule has 2 rings (SSSR count). The Morgan fingerprint density at radius 1 is 1.25 bits per heavy atom. The van der Waals surface area contributed by atoms with Gasteiger partial charge in [0.05, 0.1) is 22.9 Å². The molecule has 0 fully saturated rings. The molecule has 2 heterocycles. The van der Waals surface area contributed by atoms with Gasteiger partial charge in [0.25, 0.3) is 0 Å². The van der Waals surface area contributed by atoms with Crippen LogP contribution in [0.1, 0.15) is 75.5 Å². The maximum absolute atomic E-state index is 5.45. The molecule has 2 aromatic heterocycles. The molecule has 2 aromatic rings. The molecule has 2 N–H and O–H groups in total. The van der Waals surface area contributed by atoms with Gasteiger partial charge < -0.3 is 15.2 Å². The van der Waals surface area contributed by atoms with E-state index in [0.29, 0.717) is 12.5 Å². The van der Waals surface area contributed by atoms with Gasteiger partial charge >= 0.3 is 0 Å². The number of thiazole rings is 1. The molecular formula is C20H34IN5OS. The molecule has 0 amide bonds. The van der Waals surface area contributed by atoms with Crippen molar-refractivity contribution in [2.75, 3.05) is 13.6 Å². The maximum Gasteiger partial charge on any atom is 0.191 e. The smallest absolute Gasteiger partial charge is 0.191 e. The summed E-state index contributed by atoms with van der Waals surface area (Å²) in [6.45, 7) is 12.3. The Morgan fingerprint density at radius 3 is 2.54 bits per heavy atom. The average molecular weight is 519 g/mol. The number of halogens is 1. The van der Waals surface area contributed by atoms with E-state index in [-0.39, 0.29) is 29.4 Å². The van der Waals surface area contributed by atoms with Crippen LogP contribution in [0.15, 0.2) is 21.0 Å². The lowest BCUT2D eigenvalue weighted by Crippen LogP contribution is -2.37. The first kappa shape index (κ1) is 24.9. The summed E-state index contributed by atoms with van der Waals surface area (Å²) in [5, 5.41) is 14.1. The van der Waals surface area contributed by atoms with Gasteiger partial charge in [-0.15, -0.1) is 35.3 Å². The molecule has 6 nitrogen and oxygen atoms in total. The quantitative estimate of drug-likeness (QED) is 0.296. The second-order valence-corrected chi connectivity index (χ2v) is 8.65. The number of guanidine groups is 1. The first-order chi connectivity index (χ1) is 12.9. The molecule has 0 aromatic carbocycles. The number of rotatable bonds is 8. The highest BCUT2D eigenvalue weighted by atomic mass is 127. The monoisotopic (exact) mass is 519 g/mol. The Balaban J connectivity index is 0.00000392.